The van der Waals surface area contributed by atoms with Crippen molar-refractivity contribution in [2.24, 2.45) is 5.92 Å². The summed E-state index contributed by atoms with van der Waals surface area (Å²) in [6.07, 6.45) is 0.966. The quantitative estimate of drug-likeness (QED) is 0.163. The molecule has 2 rings (SSSR count). The molecule has 1 N–H and O–H groups in total. The number of aromatic nitrogens is 1. The number of carbonyl (C=O) groups excluding carboxylic acids is 5. The maximum Gasteiger partial charge on any atom is 0.375 e. The van der Waals surface area contributed by atoms with E-state index in [-0.39, 0.29) is 10.8 Å². The second-order valence-corrected chi connectivity index (χ2v) is 7.19. The summed E-state index contributed by atoms with van der Waals surface area (Å²) in [5.41, 5.74) is 0.593. The molecule has 0 aliphatic carbocycles. The van der Waals surface area contributed by atoms with Gasteiger partial charge in [-0.25, -0.2) is 9.78 Å². The molecule has 1 aromatic carbocycles. The number of carbonyl (C=O) groups is 5. The summed E-state index contributed by atoms with van der Waals surface area (Å²) in [7, 11) is 0.896. The maximum absolute atomic E-state index is 12.5. The Hall–Kier alpha value is -3.80. The summed E-state index contributed by atoms with van der Waals surface area (Å²) in [5, 5.41) is 12.9. The van der Waals surface area contributed by atoms with Gasteiger partial charge in [-0.3, -0.25) is 34.6 Å². The smallest absolute Gasteiger partial charge is 0.375 e. The second kappa shape index (κ2) is 9.13. The monoisotopic (exact) mass is 433 g/mol. The number of allylic oxidation sites excluding steroid dienone is 2. The number of nitro groups is 1. The van der Waals surface area contributed by atoms with Crippen molar-refractivity contribution in [1.82, 2.24) is 4.98 Å². The predicted octanol–water partition coefficient (Wildman–Crippen LogP) is 1.61. The molecule has 0 radical (unpaired) electrons. The number of nitrogens with one attached hydrogen (secondary N) is 1. The zero-order valence-corrected chi connectivity index (χ0v) is 16.8. The van der Waals surface area contributed by atoms with Gasteiger partial charge in [0.05, 0.1) is 22.2 Å². The number of nitro benzene ring substituents is 1. The van der Waals surface area contributed by atoms with Gasteiger partial charge in [0.25, 0.3) is 17.4 Å². The van der Waals surface area contributed by atoms with Gasteiger partial charge in [0.1, 0.15) is 0 Å². The van der Waals surface area contributed by atoms with E-state index in [4.69, 9.17) is 0 Å². The van der Waals surface area contributed by atoms with E-state index in [0.717, 1.165) is 24.5 Å². The Bertz CT molecular complexity index is 1110. The molecule has 0 spiro atoms. The van der Waals surface area contributed by atoms with Gasteiger partial charge in [-0.15, -0.1) is 0 Å². The minimum atomic E-state index is -2.19. The van der Waals surface area contributed by atoms with E-state index in [1.165, 1.54) is 32.0 Å². The van der Waals surface area contributed by atoms with Crippen LogP contribution in [0.1, 0.15) is 13.8 Å². The average molecular weight is 433 g/mol. The molecule has 0 aliphatic rings. The van der Waals surface area contributed by atoms with Crippen molar-refractivity contribution in [3.63, 3.8) is 0 Å². The van der Waals surface area contributed by atoms with Crippen LogP contribution in [0.25, 0.3) is 10.2 Å². The maximum atomic E-state index is 12.5. The largest absolute Gasteiger partial charge is 0.463 e. The van der Waals surface area contributed by atoms with Gasteiger partial charge >= 0.3 is 5.97 Å². The Kier molecular flexibility index (Phi) is 6.85. The molecule has 30 heavy (non-hydrogen) atoms. The molecule has 0 saturated carbocycles. The summed E-state index contributed by atoms with van der Waals surface area (Å²) in [4.78, 5) is 75.0. The van der Waals surface area contributed by atoms with E-state index in [0.29, 0.717) is 15.8 Å². The molecule has 0 bridgehead atoms. The van der Waals surface area contributed by atoms with Crippen molar-refractivity contribution in [3.05, 3.63) is 40.0 Å². The van der Waals surface area contributed by atoms with Gasteiger partial charge in [-0.1, -0.05) is 16.9 Å². The summed E-state index contributed by atoms with van der Waals surface area (Å²) in [5.74, 6) is -8.95. The van der Waals surface area contributed by atoms with Crippen LogP contribution in [0.3, 0.4) is 0 Å². The zero-order valence-electron chi connectivity index (χ0n) is 16.0. The van der Waals surface area contributed by atoms with Gasteiger partial charge in [-0.05, 0) is 26.0 Å². The number of ether oxygens (including phenoxy) is 1. The average Bonchev–Trinajstić information content (AvgIpc) is 3.07. The summed E-state index contributed by atoms with van der Waals surface area (Å²) >= 11 is 0.851. The van der Waals surface area contributed by atoms with E-state index < -0.39 is 40.1 Å². The first-order chi connectivity index (χ1) is 14.0. The van der Waals surface area contributed by atoms with Gasteiger partial charge in [-0.2, -0.15) is 0 Å². The number of nitrogens with zero attached hydrogens (tertiary/aromatic N) is 2. The highest BCUT2D eigenvalue weighted by Crippen LogP contribution is 2.29. The lowest BCUT2D eigenvalue weighted by atomic mass is 9.92. The number of thiazole rings is 1. The number of benzene rings is 1. The third kappa shape index (κ3) is 4.97. The molecule has 1 heterocycles. The van der Waals surface area contributed by atoms with Crippen LogP contribution in [0.5, 0.6) is 0 Å². The number of Topliss-reactive ketones (excluding diaryl/α,β-unsaturated/α-hetero) is 2. The first-order valence-electron chi connectivity index (χ1n) is 8.26. The summed E-state index contributed by atoms with van der Waals surface area (Å²) in [6.45, 7) is 3.06. The van der Waals surface area contributed by atoms with Crippen molar-refractivity contribution >= 4 is 61.6 Å². The van der Waals surface area contributed by atoms with E-state index >= 15 is 0 Å². The highest BCUT2D eigenvalue weighted by atomic mass is 32.1. The standard InChI is InChI=1S/C18H15N3O8S/c1-8(2)6-11(22)13(15(24)17(26)29-3)14(23)16(25)20-18-19-10-5-4-9(21(27)28)7-12(10)30-18/h4-7,13H,1-3H3,(H,19,20,25)/t13-/m1/s1. The summed E-state index contributed by atoms with van der Waals surface area (Å²) < 4.78 is 4.63. The molecule has 1 aromatic heterocycles. The molecule has 156 valence electrons. The van der Waals surface area contributed by atoms with E-state index in [1.54, 1.807) is 0 Å². The number of hydrogen-bond acceptors (Lipinski definition) is 10. The first-order valence-corrected chi connectivity index (χ1v) is 9.08. The van der Waals surface area contributed by atoms with Gasteiger partial charge in [0.15, 0.2) is 16.8 Å². The number of anilines is 1. The number of methoxy groups -OCH3 is 1. The van der Waals surface area contributed by atoms with Crippen molar-refractivity contribution in [2.45, 2.75) is 13.8 Å². The number of hydrogen-bond donors (Lipinski definition) is 1. The molecular weight excluding hydrogens is 418 g/mol. The van der Waals surface area contributed by atoms with Gasteiger partial charge in [0.2, 0.25) is 5.78 Å². The summed E-state index contributed by atoms with van der Waals surface area (Å²) in [6, 6.07) is 3.83. The van der Waals surface area contributed by atoms with E-state index in [9.17, 15) is 34.1 Å². The predicted molar refractivity (Wildman–Crippen MR) is 105 cm³/mol. The minimum absolute atomic E-state index is 0.0808. The van der Waals surface area contributed by atoms with Crippen LogP contribution in [0.4, 0.5) is 10.8 Å². The Morgan fingerprint density at radius 1 is 1.20 bits per heavy atom. The molecule has 11 nitrogen and oxygen atoms in total. The molecule has 1 atom stereocenters. The van der Waals surface area contributed by atoms with Crippen LogP contribution in [-0.2, 0) is 28.7 Å². The normalized spacial score (nSPS) is 11.3. The molecule has 12 heteroatoms. The van der Waals surface area contributed by atoms with Crippen LogP contribution in [0.15, 0.2) is 29.8 Å². The second-order valence-electron chi connectivity index (χ2n) is 6.16. The number of rotatable bonds is 8. The molecule has 1 amide bonds. The van der Waals surface area contributed by atoms with Crippen molar-refractivity contribution in [1.29, 1.82) is 0 Å². The lowest BCUT2D eigenvalue weighted by molar-refractivity contribution is -0.384. The fraction of sp³-hybridized carbons (Fsp3) is 0.222. The lowest BCUT2D eigenvalue weighted by Crippen LogP contribution is -2.41. The zero-order chi connectivity index (χ0) is 22.6. The Balaban J connectivity index is 2.31. The molecular formula is C18H15N3O8S. The molecule has 0 aliphatic heterocycles. The van der Waals surface area contributed by atoms with Crippen molar-refractivity contribution in [3.8, 4) is 0 Å². The van der Waals surface area contributed by atoms with Crippen LogP contribution in [-0.4, -0.2) is 46.2 Å². The SMILES string of the molecule is COC(=O)C(=O)[C@H](C(=O)C=C(C)C)C(=O)C(=O)Nc1nc2ccc([N+](=O)[O-])cc2s1. The lowest BCUT2D eigenvalue weighted by Gasteiger charge is -2.10. The van der Waals surface area contributed by atoms with E-state index in [2.05, 4.69) is 15.0 Å². The van der Waals surface area contributed by atoms with Crippen LogP contribution in [0, 0.1) is 16.0 Å². The topological polar surface area (TPSA) is 163 Å². The van der Waals surface area contributed by atoms with Crippen LogP contribution < -0.4 is 5.32 Å². The highest BCUT2D eigenvalue weighted by molar-refractivity contribution is 7.22. The number of amides is 1. The number of fused-ring (bicyclic) bond motifs is 1. The van der Waals surface area contributed by atoms with E-state index in [1.807, 2.05) is 0 Å². The number of non-ortho nitro benzene ring substituents is 1. The Morgan fingerprint density at radius 2 is 1.87 bits per heavy atom. The van der Waals surface area contributed by atoms with Crippen LogP contribution >= 0.6 is 11.3 Å². The van der Waals surface area contributed by atoms with Gasteiger partial charge < -0.3 is 4.74 Å². The molecule has 0 unspecified atom stereocenters. The van der Waals surface area contributed by atoms with Crippen LogP contribution in [0.2, 0.25) is 0 Å². The van der Waals surface area contributed by atoms with Gasteiger partial charge in [0, 0.05) is 12.1 Å². The number of esters is 1. The fourth-order valence-corrected chi connectivity index (χ4v) is 3.23. The van der Waals surface area contributed by atoms with Crippen molar-refractivity contribution in [2.75, 3.05) is 12.4 Å². The molecule has 0 fully saturated rings. The number of ketones is 3. The highest BCUT2D eigenvalue weighted by Gasteiger charge is 2.40. The molecule has 0 saturated heterocycles. The van der Waals surface area contributed by atoms with Crippen molar-refractivity contribution < 1.29 is 33.6 Å². The first kappa shape index (κ1) is 22.5. The fourth-order valence-electron chi connectivity index (χ4n) is 2.33. The third-order valence-electron chi connectivity index (χ3n) is 3.65. The molecule has 2 aromatic rings. The third-order valence-corrected chi connectivity index (χ3v) is 4.59. The Morgan fingerprint density at radius 3 is 2.43 bits per heavy atom. The Labute approximate surface area is 172 Å². The minimum Gasteiger partial charge on any atom is -0.463 e.